The Bertz CT molecular complexity index is 899. The van der Waals surface area contributed by atoms with Crippen LogP contribution in [0.3, 0.4) is 0 Å². The third-order valence-corrected chi connectivity index (χ3v) is 4.87. The molecule has 1 fully saturated rings. The van der Waals surface area contributed by atoms with Crippen LogP contribution in [0.1, 0.15) is 20.3 Å². The molecule has 1 saturated heterocycles. The fourth-order valence-corrected chi connectivity index (χ4v) is 3.90. The molecule has 2 heterocycles. The zero-order chi connectivity index (χ0) is 17.4. The summed E-state index contributed by atoms with van der Waals surface area (Å²) in [5.74, 6) is 2.33. The van der Waals surface area contributed by atoms with Crippen LogP contribution in [-0.4, -0.2) is 23.1 Å². The minimum Gasteiger partial charge on any atom is -0.355 e. The molecule has 1 aliphatic rings. The second-order valence-electron chi connectivity index (χ2n) is 7.22. The Morgan fingerprint density at radius 1 is 0.920 bits per heavy atom. The molecular formula is C21H22FN3. The number of aromatic nitrogens is 2. The van der Waals surface area contributed by atoms with E-state index < -0.39 is 0 Å². The van der Waals surface area contributed by atoms with E-state index in [0.29, 0.717) is 23.2 Å². The quantitative estimate of drug-likeness (QED) is 0.666. The molecule has 0 N–H and O–H groups in total. The van der Waals surface area contributed by atoms with Crippen LogP contribution in [0.2, 0.25) is 0 Å². The lowest BCUT2D eigenvalue weighted by Gasteiger charge is -2.36. The summed E-state index contributed by atoms with van der Waals surface area (Å²) >= 11 is 0. The van der Waals surface area contributed by atoms with Crippen molar-refractivity contribution in [1.29, 1.82) is 0 Å². The average Bonchev–Trinajstić information content (AvgIpc) is 2.60. The minimum absolute atomic E-state index is 0.288. The molecular weight excluding hydrogens is 313 g/mol. The Balaban J connectivity index is 1.89. The Morgan fingerprint density at radius 3 is 2.36 bits per heavy atom. The molecule has 25 heavy (non-hydrogen) atoms. The number of nitrogens with zero attached hydrogens (tertiary/aromatic N) is 3. The van der Waals surface area contributed by atoms with E-state index in [2.05, 4.69) is 29.8 Å². The Hall–Kier alpha value is -2.49. The lowest BCUT2D eigenvalue weighted by molar-refractivity contribution is 0.356. The van der Waals surface area contributed by atoms with Crippen LogP contribution in [0.5, 0.6) is 0 Å². The zero-order valence-corrected chi connectivity index (χ0v) is 14.6. The van der Waals surface area contributed by atoms with Crippen molar-refractivity contribution in [2.75, 3.05) is 18.0 Å². The highest BCUT2D eigenvalue weighted by molar-refractivity contribution is 5.91. The van der Waals surface area contributed by atoms with Crippen molar-refractivity contribution in [2.24, 2.45) is 11.8 Å². The van der Waals surface area contributed by atoms with Gasteiger partial charge in [-0.25, -0.2) is 14.4 Å². The van der Waals surface area contributed by atoms with E-state index in [1.807, 2.05) is 24.3 Å². The van der Waals surface area contributed by atoms with Gasteiger partial charge in [-0.3, -0.25) is 0 Å². The summed E-state index contributed by atoms with van der Waals surface area (Å²) < 4.78 is 14.3. The highest BCUT2D eigenvalue weighted by Crippen LogP contribution is 2.32. The molecule has 0 saturated carbocycles. The zero-order valence-electron chi connectivity index (χ0n) is 14.6. The van der Waals surface area contributed by atoms with Gasteiger partial charge in [0.25, 0.3) is 0 Å². The predicted octanol–water partition coefficient (Wildman–Crippen LogP) is 4.92. The van der Waals surface area contributed by atoms with Crippen molar-refractivity contribution in [2.45, 2.75) is 20.3 Å². The summed E-state index contributed by atoms with van der Waals surface area (Å²) in [6.45, 7) is 6.51. The maximum atomic E-state index is 14.3. The second-order valence-corrected chi connectivity index (χ2v) is 7.22. The van der Waals surface area contributed by atoms with Crippen LogP contribution in [0.15, 0.2) is 48.5 Å². The van der Waals surface area contributed by atoms with Crippen LogP contribution in [0, 0.1) is 17.7 Å². The number of hydrogen-bond acceptors (Lipinski definition) is 3. The number of hydrogen-bond donors (Lipinski definition) is 0. The maximum absolute atomic E-state index is 14.3. The number of benzene rings is 2. The van der Waals surface area contributed by atoms with Gasteiger partial charge in [-0.1, -0.05) is 38.1 Å². The monoisotopic (exact) mass is 335 g/mol. The van der Waals surface area contributed by atoms with E-state index in [0.717, 1.165) is 29.8 Å². The van der Waals surface area contributed by atoms with Crippen molar-refractivity contribution in [3.05, 3.63) is 54.3 Å². The molecule has 3 nitrogen and oxygen atoms in total. The van der Waals surface area contributed by atoms with Crippen LogP contribution in [0.25, 0.3) is 22.3 Å². The molecule has 0 unspecified atom stereocenters. The number of halogens is 1. The number of fused-ring (bicyclic) bond motifs is 1. The van der Waals surface area contributed by atoms with Gasteiger partial charge in [0.15, 0.2) is 5.82 Å². The average molecular weight is 335 g/mol. The highest BCUT2D eigenvalue weighted by Gasteiger charge is 2.25. The lowest BCUT2D eigenvalue weighted by atomic mass is 9.92. The van der Waals surface area contributed by atoms with Gasteiger partial charge < -0.3 is 4.90 Å². The van der Waals surface area contributed by atoms with Crippen LogP contribution >= 0.6 is 0 Å². The summed E-state index contributed by atoms with van der Waals surface area (Å²) in [6.07, 6.45) is 1.24. The number of para-hydroxylation sites is 1. The summed E-state index contributed by atoms with van der Waals surface area (Å²) in [4.78, 5) is 11.8. The van der Waals surface area contributed by atoms with Crippen molar-refractivity contribution >= 4 is 16.7 Å². The van der Waals surface area contributed by atoms with Crippen molar-refractivity contribution in [1.82, 2.24) is 9.97 Å². The first-order chi connectivity index (χ1) is 12.1. The molecule has 0 radical (unpaired) electrons. The molecule has 0 amide bonds. The van der Waals surface area contributed by atoms with Crippen molar-refractivity contribution in [3.63, 3.8) is 0 Å². The third-order valence-electron chi connectivity index (χ3n) is 4.87. The standard InChI is InChI=1S/C21H22FN3/c1-14-11-15(2)13-25(12-14)21-17-8-4-6-10-19(17)23-20(24-21)16-7-3-5-9-18(16)22/h3-10,14-15H,11-13H2,1-2H3/t14-,15-/m0/s1. The fourth-order valence-electron chi connectivity index (χ4n) is 3.90. The molecule has 3 aromatic rings. The maximum Gasteiger partial charge on any atom is 0.165 e. The Kier molecular flexibility index (Phi) is 4.12. The van der Waals surface area contributed by atoms with Gasteiger partial charge in [0, 0.05) is 18.5 Å². The van der Waals surface area contributed by atoms with Gasteiger partial charge in [-0.2, -0.15) is 0 Å². The second kappa shape index (κ2) is 6.43. The number of rotatable bonds is 2. The number of piperidine rings is 1. The molecule has 4 heteroatoms. The summed E-state index contributed by atoms with van der Waals surface area (Å²) in [7, 11) is 0. The topological polar surface area (TPSA) is 29.0 Å². The largest absolute Gasteiger partial charge is 0.355 e. The molecule has 128 valence electrons. The summed E-state index contributed by atoms with van der Waals surface area (Å²) in [6, 6.07) is 14.7. The van der Waals surface area contributed by atoms with E-state index in [1.165, 1.54) is 12.5 Å². The van der Waals surface area contributed by atoms with Gasteiger partial charge in [0.2, 0.25) is 0 Å². The number of anilines is 1. The summed E-state index contributed by atoms with van der Waals surface area (Å²) in [5, 5.41) is 1.03. The predicted molar refractivity (Wildman–Crippen MR) is 100 cm³/mol. The van der Waals surface area contributed by atoms with Gasteiger partial charge in [0.05, 0.1) is 11.1 Å². The molecule has 0 bridgehead atoms. The lowest BCUT2D eigenvalue weighted by Crippen LogP contribution is -2.39. The van der Waals surface area contributed by atoms with Crippen LogP contribution in [-0.2, 0) is 0 Å². The molecule has 0 aliphatic carbocycles. The Labute approximate surface area is 147 Å². The minimum atomic E-state index is -0.288. The third kappa shape index (κ3) is 3.09. The smallest absolute Gasteiger partial charge is 0.165 e. The Morgan fingerprint density at radius 2 is 1.60 bits per heavy atom. The molecule has 2 atom stereocenters. The van der Waals surface area contributed by atoms with E-state index in [-0.39, 0.29) is 5.82 Å². The first kappa shape index (κ1) is 16.0. The molecule has 1 aromatic heterocycles. The van der Waals surface area contributed by atoms with E-state index in [9.17, 15) is 4.39 Å². The SMILES string of the molecule is C[C@H]1C[C@H](C)CN(c2nc(-c3ccccc3F)nc3ccccc23)C1. The van der Waals surface area contributed by atoms with Crippen LogP contribution in [0.4, 0.5) is 10.2 Å². The van der Waals surface area contributed by atoms with Gasteiger partial charge >= 0.3 is 0 Å². The molecule has 4 rings (SSSR count). The fraction of sp³-hybridized carbons (Fsp3) is 0.333. The molecule has 0 spiro atoms. The van der Waals surface area contributed by atoms with Crippen molar-refractivity contribution in [3.8, 4) is 11.4 Å². The van der Waals surface area contributed by atoms with Gasteiger partial charge in [0.1, 0.15) is 11.6 Å². The van der Waals surface area contributed by atoms with Crippen LogP contribution < -0.4 is 4.90 Å². The van der Waals surface area contributed by atoms with E-state index in [1.54, 1.807) is 12.1 Å². The molecule has 1 aliphatic heterocycles. The molecule has 2 aromatic carbocycles. The van der Waals surface area contributed by atoms with Gasteiger partial charge in [-0.05, 0) is 42.5 Å². The van der Waals surface area contributed by atoms with Crippen molar-refractivity contribution < 1.29 is 4.39 Å². The van der Waals surface area contributed by atoms with Gasteiger partial charge in [-0.15, -0.1) is 0 Å². The first-order valence-electron chi connectivity index (χ1n) is 8.88. The van der Waals surface area contributed by atoms with E-state index in [4.69, 9.17) is 4.98 Å². The first-order valence-corrected chi connectivity index (χ1v) is 8.88. The normalized spacial score (nSPS) is 20.8. The van der Waals surface area contributed by atoms with E-state index >= 15 is 0 Å². The highest BCUT2D eigenvalue weighted by atomic mass is 19.1. The summed E-state index contributed by atoms with van der Waals surface area (Å²) in [5.41, 5.74) is 1.31.